The van der Waals surface area contributed by atoms with Crippen LogP contribution in [-0.2, 0) is 0 Å². The average molecular weight is 376 g/mol. The number of halogens is 1. The summed E-state index contributed by atoms with van der Waals surface area (Å²) in [5.74, 6) is 1.46. The van der Waals surface area contributed by atoms with E-state index in [1.54, 1.807) is 10.7 Å². The fraction of sp³-hybridized carbons (Fsp3) is 0.526. The molecule has 1 aromatic heterocycles. The molecule has 7 heteroatoms. The van der Waals surface area contributed by atoms with Gasteiger partial charge in [0.1, 0.15) is 5.82 Å². The fourth-order valence-corrected chi connectivity index (χ4v) is 3.68. The number of amides is 1. The SMILES string of the molecule is CC1CCN(C(=O)c2nc(C(C)C)n(-c3ccccc3Cl)n2)C(CN)C1. The van der Waals surface area contributed by atoms with Crippen molar-refractivity contribution in [3.05, 3.63) is 40.9 Å². The zero-order valence-corrected chi connectivity index (χ0v) is 16.3. The number of para-hydroxylation sites is 1. The molecule has 2 N–H and O–H groups in total. The molecule has 1 fully saturated rings. The van der Waals surface area contributed by atoms with E-state index in [2.05, 4.69) is 17.0 Å². The Morgan fingerprint density at radius 1 is 1.38 bits per heavy atom. The molecule has 26 heavy (non-hydrogen) atoms. The monoisotopic (exact) mass is 375 g/mol. The minimum absolute atomic E-state index is 0.0426. The molecule has 3 rings (SSSR count). The molecule has 1 aromatic carbocycles. The first-order chi connectivity index (χ1) is 12.4. The number of benzene rings is 1. The van der Waals surface area contributed by atoms with Crippen LogP contribution in [0.4, 0.5) is 0 Å². The third kappa shape index (κ3) is 3.62. The van der Waals surface area contributed by atoms with Gasteiger partial charge < -0.3 is 10.6 Å². The summed E-state index contributed by atoms with van der Waals surface area (Å²) >= 11 is 6.33. The second-order valence-electron chi connectivity index (χ2n) is 7.33. The Kier molecular flexibility index (Phi) is 5.63. The summed E-state index contributed by atoms with van der Waals surface area (Å²) in [6.07, 6.45) is 1.90. The van der Waals surface area contributed by atoms with Gasteiger partial charge in [-0.15, -0.1) is 5.10 Å². The molecule has 0 bridgehead atoms. The van der Waals surface area contributed by atoms with E-state index >= 15 is 0 Å². The standard InChI is InChI=1S/C19H26ClN5O/c1-12(2)18-22-17(23-25(18)16-7-5-4-6-15(16)20)19(26)24-9-8-13(3)10-14(24)11-21/h4-7,12-14H,8-11,21H2,1-3H3. The van der Waals surface area contributed by atoms with Crippen LogP contribution in [0.15, 0.2) is 24.3 Å². The van der Waals surface area contributed by atoms with Crippen molar-refractivity contribution in [3.8, 4) is 5.69 Å². The Morgan fingerprint density at radius 2 is 2.12 bits per heavy atom. The molecule has 2 unspecified atom stereocenters. The number of piperidine rings is 1. The highest BCUT2D eigenvalue weighted by atomic mass is 35.5. The van der Waals surface area contributed by atoms with E-state index in [4.69, 9.17) is 17.3 Å². The normalized spacial score (nSPS) is 20.6. The number of carbonyl (C=O) groups excluding carboxylic acids is 1. The maximum absolute atomic E-state index is 13.1. The van der Waals surface area contributed by atoms with Gasteiger partial charge in [0.05, 0.1) is 10.7 Å². The van der Waals surface area contributed by atoms with E-state index < -0.39 is 0 Å². The first kappa shape index (κ1) is 18.9. The Bertz CT molecular complexity index is 788. The smallest absolute Gasteiger partial charge is 0.293 e. The van der Waals surface area contributed by atoms with Gasteiger partial charge in [0.25, 0.3) is 5.91 Å². The minimum atomic E-state index is -0.153. The summed E-state index contributed by atoms with van der Waals surface area (Å²) in [6, 6.07) is 7.49. The summed E-state index contributed by atoms with van der Waals surface area (Å²) in [5.41, 5.74) is 6.64. The van der Waals surface area contributed by atoms with Gasteiger partial charge in [-0.25, -0.2) is 9.67 Å². The van der Waals surface area contributed by atoms with Gasteiger partial charge in [-0.3, -0.25) is 4.79 Å². The van der Waals surface area contributed by atoms with Crippen LogP contribution in [-0.4, -0.2) is 44.7 Å². The molecule has 2 atom stereocenters. The zero-order valence-electron chi connectivity index (χ0n) is 15.5. The van der Waals surface area contributed by atoms with Crippen molar-refractivity contribution in [1.82, 2.24) is 19.7 Å². The first-order valence-corrected chi connectivity index (χ1v) is 9.53. The third-order valence-electron chi connectivity index (χ3n) is 4.93. The van der Waals surface area contributed by atoms with Gasteiger partial charge >= 0.3 is 0 Å². The van der Waals surface area contributed by atoms with Gasteiger partial charge in [-0.05, 0) is 30.9 Å². The number of rotatable bonds is 4. The molecule has 2 heterocycles. The highest BCUT2D eigenvalue weighted by Crippen LogP contribution is 2.26. The lowest BCUT2D eigenvalue weighted by Gasteiger charge is -2.37. The zero-order chi connectivity index (χ0) is 18.8. The highest BCUT2D eigenvalue weighted by Gasteiger charge is 2.32. The maximum atomic E-state index is 13.1. The van der Waals surface area contributed by atoms with Gasteiger partial charge in [0, 0.05) is 25.0 Å². The van der Waals surface area contributed by atoms with Crippen molar-refractivity contribution in [2.75, 3.05) is 13.1 Å². The molecule has 0 radical (unpaired) electrons. The van der Waals surface area contributed by atoms with E-state index in [0.717, 1.165) is 24.4 Å². The lowest BCUT2D eigenvalue weighted by atomic mass is 9.92. The van der Waals surface area contributed by atoms with Crippen molar-refractivity contribution in [2.45, 2.75) is 45.6 Å². The van der Waals surface area contributed by atoms with E-state index in [1.807, 2.05) is 36.9 Å². The fourth-order valence-electron chi connectivity index (χ4n) is 3.46. The number of nitrogens with two attached hydrogens (primary N) is 1. The molecule has 1 aliphatic heterocycles. The molecule has 1 amide bonds. The van der Waals surface area contributed by atoms with Crippen LogP contribution < -0.4 is 5.73 Å². The summed E-state index contributed by atoms with van der Waals surface area (Å²) in [5, 5.41) is 5.09. The molecule has 2 aromatic rings. The van der Waals surface area contributed by atoms with Gasteiger partial charge in [-0.2, -0.15) is 0 Å². The molecule has 6 nitrogen and oxygen atoms in total. The maximum Gasteiger partial charge on any atom is 0.293 e. The Balaban J connectivity index is 1.97. The quantitative estimate of drug-likeness (QED) is 0.889. The summed E-state index contributed by atoms with van der Waals surface area (Å²) in [6.45, 7) is 7.40. The van der Waals surface area contributed by atoms with Gasteiger partial charge in [0.2, 0.25) is 5.82 Å². The molecule has 0 spiro atoms. The van der Waals surface area contributed by atoms with Gasteiger partial charge in [-0.1, -0.05) is 44.5 Å². The van der Waals surface area contributed by atoms with Crippen LogP contribution in [0.1, 0.15) is 56.0 Å². The van der Waals surface area contributed by atoms with Crippen LogP contribution in [0.25, 0.3) is 5.69 Å². The number of hydrogen-bond donors (Lipinski definition) is 1. The number of hydrogen-bond acceptors (Lipinski definition) is 4. The predicted octanol–water partition coefficient (Wildman–Crippen LogP) is 3.24. The summed E-state index contributed by atoms with van der Waals surface area (Å²) in [4.78, 5) is 19.5. The number of nitrogens with zero attached hydrogens (tertiary/aromatic N) is 4. The van der Waals surface area contributed by atoms with Crippen LogP contribution in [0, 0.1) is 5.92 Å². The average Bonchev–Trinajstić information content (AvgIpc) is 3.07. The van der Waals surface area contributed by atoms with Crippen LogP contribution in [0.3, 0.4) is 0 Å². The third-order valence-corrected chi connectivity index (χ3v) is 5.25. The van der Waals surface area contributed by atoms with Crippen LogP contribution in [0.2, 0.25) is 5.02 Å². The minimum Gasteiger partial charge on any atom is -0.332 e. The molecule has 0 saturated carbocycles. The topological polar surface area (TPSA) is 77.0 Å². The molecule has 0 aliphatic carbocycles. The number of carbonyl (C=O) groups is 1. The molecule has 140 valence electrons. The van der Waals surface area contributed by atoms with E-state index in [-0.39, 0.29) is 23.7 Å². The van der Waals surface area contributed by atoms with Gasteiger partial charge in [0.15, 0.2) is 0 Å². The van der Waals surface area contributed by atoms with E-state index in [0.29, 0.717) is 24.0 Å². The van der Waals surface area contributed by atoms with Crippen molar-refractivity contribution < 1.29 is 4.79 Å². The van der Waals surface area contributed by atoms with Crippen molar-refractivity contribution in [1.29, 1.82) is 0 Å². The second-order valence-corrected chi connectivity index (χ2v) is 7.74. The van der Waals surface area contributed by atoms with Crippen molar-refractivity contribution in [2.24, 2.45) is 11.7 Å². The molecular formula is C19H26ClN5O. The van der Waals surface area contributed by atoms with Crippen LogP contribution in [0.5, 0.6) is 0 Å². The Labute approximate surface area is 159 Å². The van der Waals surface area contributed by atoms with E-state index in [1.165, 1.54) is 0 Å². The first-order valence-electron chi connectivity index (χ1n) is 9.15. The summed E-state index contributed by atoms with van der Waals surface area (Å²) < 4.78 is 1.68. The second kappa shape index (κ2) is 7.76. The van der Waals surface area contributed by atoms with Crippen molar-refractivity contribution >= 4 is 17.5 Å². The Morgan fingerprint density at radius 3 is 2.77 bits per heavy atom. The van der Waals surface area contributed by atoms with E-state index in [9.17, 15) is 4.79 Å². The lowest BCUT2D eigenvalue weighted by molar-refractivity contribution is 0.0561. The van der Waals surface area contributed by atoms with Crippen molar-refractivity contribution in [3.63, 3.8) is 0 Å². The lowest BCUT2D eigenvalue weighted by Crippen LogP contribution is -2.49. The number of likely N-dealkylation sites (tertiary alicyclic amines) is 1. The summed E-state index contributed by atoms with van der Waals surface area (Å²) in [7, 11) is 0. The molecule has 1 saturated heterocycles. The van der Waals surface area contributed by atoms with Crippen LogP contribution >= 0.6 is 11.6 Å². The number of aromatic nitrogens is 3. The molecule has 1 aliphatic rings. The molecular weight excluding hydrogens is 350 g/mol. The Hall–Kier alpha value is -1.92. The largest absolute Gasteiger partial charge is 0.332 e. The predicted molar refractivity (Wildman–Crippen MR) is 103 cm³/mol. The highest BCUT2D eigenvalue weighted by molar-refractivity contribution is 6.32.